The minimum atomic E-state index is 0.134. The second-order valence-electron chi connectivity index (χ2n) is 5.33. The van der Waals surface area contributed by atoms with Crippen molar-refractivity contribution in [2.45, 2.75) is 25.2 Å². The van der Waals surface area contributed by atoms with E-state index >= 15 is 0 Å². The van der Waals surface area contributed by atoms with Crippen LogP contribution in [-0.4, -0.2) is 31.3 Å². The molecular formula is C15H21NO. The van der Waals surface area contributed by atoms with Gasteiger partial charge in [-0.3, -0.25) is 4.79 Å². The first kappa shape index (κ1) is 12.3. The topological polar surface area (TPSA) is 20.3 Å². The lowest BCUT2D eigenvalue weighted by molar-refractivity contribution is -0.122. The Balaban J connectivity index is 2.08. The molecule has 2 atom stereocenters. The third-order valence-corrected chi connectivity index (χ3v) is 3.58. The average Bonchev–Trinajstić information content (AvgIpc) is 2.32. The fraction of sp³-hybridized carbons (Fsp3) is 0.533. The smallest absolute Gasteiger partial charge is 0.140 e. The van der Waals surface area contributed by atoms with Crippen LogP contribution >= 0.6 is 0 Å². The van der Waals surface area contributed by atoms with Crippen molar-refractivity contribution in [3.8, 4) is 0 Å². The van der Waals surface area contributed by atoms with Crippen molar-refractivity contribution in [1.29, 1.82) is 0 Å². The summed E-state index contributed by atoms with van der Waals surface area (Å²) in [5.41, 5.74) is 1.20. The minimum Gasteiger partial charge on any atom is -0.309 e. The van der Waals surface area contributed by atoms with Crippen molar-refractivity contribution in [2.24, 2.45) is 5.92 Å². The number of hydrogen-bond donors (Lipinski definition) is 0. The fourth-order valence-electron chi connectivity index (χ4n) is 2.79. The number of benzene rings is 1. The van der Waals surface area contributed by atoms with E-state index in [1.54, 1.807) is 0 Å². The number of nitrogens with zero attached hydrogens (tertiary/aromatic N) is 1. The first-order valence-corrected chi connectivity index (χ1v) is 6.39. The highest BCUT2D eigenvalue weighted by Crippen LogP contribution is 2.33. The van der Waals surface area contributed by atoms with Crippen LogP contribution in [-0.2, 0) is 4.79 Å². The highest BCUT2D eigenvalue weighted by atomic mass is 16.1. The van der Waals surface area contributed by atoms with E-state index in [4.69, 9.17) is 0 Å². The van der Waals surface area contributed by atoms with E-state index in [1.165, 1.54) is 5.56 Å². The van der Waals surface area contributed by atoms with Gasteiger partial charge in [-0.2, -0.15) is 0 Å². The molecule has 0 bridgehead atoms. The van der Waals surface area contributed by atoms with E-state index in [-0.39, 0.29) is 5.92 Å². The summed E-state index contributed by atoms with van der Waals surface area (Å²) in [6, 6.07) is 10.2. The summed E-state index contributed by atoms with van der Waals surface area (Å²) in [7, 11) is 4.21. The van der Waals surface area contributed by atoms with Gasteiger partial charge in [-0.25, -0.2) is 0 Å². The summed E-state index contributed by atoms with van der Waals surface area (Å²) in [4.78, 5) is 14.2. The van der Waals surface area contributed by atoms with Gasteiger partial charge in [-0.1, -0.05) is 30.3 Å². The summed E-state index contributed by atoms with van der Waals surface area (Å²) in [5, 5.41) is 0. The van der Waals surface area contributed by atoms with Crippen LogP contribution in [0.2, 0.25) is 0 Å². The van der Waals surface area contributed by atoms with Crippen LogP contribution in [0.3, 0.4) is 0 Å². The molecule has 0 radical (unpaired) electrons. The normalized spacial score (nSPS) is 25.2. The van der Waals surface area contributed by atoms with Crippen LogP contribution in [0.5, 0.6) is 0 Å². The number of rotatable bonds is 3. The Hall–Kier alpha value is -1.15. The molecule has 0 amide bonds. The van der Waals surface area contributed by atoms with Gasteiger partial charge in [0, 0.05) is 18.9 Å². The van der Waals surface area contributed by atoms with Gasteiger partial charge in [-0.05, 0) is 38.4 Å². The molecule has 1 aliphatic carbocycles. The Morgan fingerprint density at radius 3 is 2.59 bits per heavy atom. The second kappa shape index (κ2) is 5.46. The summed E-state index contributed by atoms with van der Waals surface area (Å²) in [6.45, 7) is 1.09. The molecule has 92 valence electrons. The Morgan fingerprint density at radius 1 is 1.24 bits per heavy atom. The number of Topliss-reactive ketones (excluding diaryl/α,β-unsaturated/α-hetero) is 1. The van der Waals surface area contributed by atoms with Crippen LogP contribution in [0.25, 0.3) is 0 Å². The third-order valence-electron chi connectivity index (χ3n) is 3.58. The molecule has 1 aromatic carbocycles. The van der Waals surface area contributed by atoms with Gasteiger partial charge >= 0.3 is 0 Å². The molecule has 2 unspecified atom stereocenters. The van der Waals surface area contributed by atoms with Gasteiger partial charge in [0.05, 0.1) is 0 Å². The highest BCUT2D eigenvalue weighted by molar-refractivity contribution is 5.86. The van der Waals surface area contributed by atoms with Crippen LogP contribution in [0.4, 0.5) is 0 Å². The molecule has 0 aliphatic heterocycles. The van der Waals surface area contributed by atoms with Crippen LogP contribution < -0.4 is 0 Å². The zero-order valence-corrected chi connectivity index (χ0v) is 10.7. The summed E-state index contributed by atoms with van der Waals surface area (Å²) in [5.74, 6) is 1.22. The number of hydrogen-bond acceptors (Lipinski definition) is 2. The molecule has 0 N–H and O–H groups in total. The van der Waals surface area contributed by atoms with E-state index in [2.05, 4.69) is 31.1 Å². The van der Waals surface area contributed by atoms with Gasteiger partial charge in [0.15, 0.2) is 0 Å². The van der Waals surface area contributed by atoms with Crippen LogP contribution in [0.15, 0.2) is 30.3 Å². The zero-order valence-electron chi connectivity index (χ0n) is 10.7. The lowest BCUT2D eigenvalue weighted by Gasteiger charge is -2.30. The monoisotopic (exact) mass is 231 g/mol. The molecule has 2 heteroatoms. The van der Waals surface area contributed by atoms with E-state index < -0.39 is 0 Å². The number of carbonyl (C=O) groups is 1. The SMILES string of the molecule is CN(C)CC1CCC(=O)C(c2ccccc2)C1. The third kappa shape index (κ3) is 3.16. The summed E-state index contributed by atoms with van der Waals surface area (Å²) >= 11 is 0. The maximum atomic E-state index is 12.0. The molecule has 1 saturated carbocycles. The van der Waals surface area contributed by atoms with Crippen molar-refractivity contribution in [1.82, 2.24) is 4.90 Å². The molecule has 2 rings (SSSR count). The molecule has 0 saturated heterocycles. The van der Waals surface area contributed by atoms with Crippen molar-refractivity contribution in [3.05, 3.63) is 35.9 Å². The summed E-state index contributed by atoms with van der Waals surface area (Å²) in [6.07, 6.45) is 2.82. The standard InChI is InChI=1S/C15H21NO/c1-16(2)11-12-8-9-15(17)14(10-12)13-6-4-3-5-7-13/h3-7,12,14H,8-11H2,1-2H3. The molecule has 0 aromatic heterocycles. The Bertz CT molecular complexity index is 372. The highest BCUT2D eigenvalue weighted by Gasteiger charge is 2.29. The van der Waals surface area contributed by atoms with Crippen molar-refractivity contribution in [3.63, 3.8) is 0 Å². The largest absolute Gasteiger partial charge is 0.309 e. The minimum absolute atomic E-state index is 0.134. The van der Waals surface area contributed by atoms with Crippen molar-refractivity contribution in [2.75, 3.05) is 20.6 Å². The van der Waals surface area contributed by atoms with E-state index in [0.717, 1.165) is 25.8 Å². The Labute approximate surface area is 104 Å². The van der Waals surface area contributed by atoms with Gasteiger partial charge in [0.25, 0.3) is 0 Å². The fourth-order valence-corrected chi connectivity index (χ4v) is 2.79. The van der Waals surface area contributed by atoms with Crippen molar-refractivity contribution < 1.29 is 4.79 Å². The molecule has 1 aromatic rings. The molecule has 1 fully saturated rings. The first-order chi connectivity index (χ1) is 8.16. The van der Waals surface area contributed by atoms with Gasteiger partial charge in [-0.15, -0.1) is 0 Å². The Morgan fingerprint density at radius 2 is 1.94 bits per heavy atom. The molecular weight excluding hydrogens is 210 g/mol. The van der Waals surface area contributed by atoms with E-state index in [1.807, 2.05) is 18.2 Å². The zero-order chi connectivity index (χ0) is 12.3. The maximum Gasteiger partial charge on any atom is 0.140 e. The first-order valence-electron chi connectivity index (χ1n) is 6.39. The van der Waals surface area contributed by atoms with Gasteiger partial charge in [0.2, 0.25) is 0 Å². The molecule has 0 spiro atoms. The lowest BCUT2D eigenvalue weighted by Crippen LogP contribution is -2.30. The van der Waals surface area contributed by atoms with Gasteiger partial charge in [0.1, 0.15) is 5.78 Å². The van der Waals surface area contributed by atoms with Crippen LogP contribution in [0.1, 0.15) is 30.7 Å². The van der Waals surface area contributed by atoms with E-state index in [0.29, 0.717) is 11.7 Å². The molecule has 1 aliphatic rings. The van der Waals surface area contributed by atoms with Crippen molar-refractivity contribution >= 4 is 5.78 Å². The molecule has 2 nitrogen and oxygen atoms in total. The molecule has 0 heterocycles. The predicted octanol–water partition coefficient (Wildman–Crippen LogP) is 2.70. The average molecular weight is 231 g/mol. The number of carbonyl (C=O) groups excluding carboxylic acids is 1. The quantitative estimate of drug-likeness (QED) is 0.797. The maximum absolute atomic E-state index is 12.0. The number of ketones is 1. The van der Waals surface area contributed by atoms with E-state index in [9.17, 15) is 4.79 Å². The Kier molecular flexibility index (Phi) is 3.95. The van der Waals surface area contributed by atoms with Gasteiger partial charge < -0.3 is 4.90 Å². The molecule has 17 heavy (non-hydrogen) atoms. The lowest BCUT2D eigenvalue weighted by atomic mass is 9.77. The van der Waals surface area contributed by atoms with Crippen LogP contribution in [0, 0.1) is 5.92 Å². The second-order valence-corrected chi connectivity index (χ2v) is 5.33. The predicted molar refractivity (Wildman–Crippen MR) is 70.1 cm³/mol. The summed E-state index contributed by atoms with van der Waals surface area (Å²) < 4.78 is 0.